The molecule has 4 rings (SSSR count). The van der Waals surface area contributed by atoms with E-state index in [9.17, 15) is 0 Å². The largest absolute Gasteiger partial charge is 0.490 e. The van der Waals surface area contributed by atoms with Gasteiger partial charge in [-0.15, -0.1) is 0 Å². The Morgan fingerprint density at radius 1 is 1.16 bits per heavy atom. The molecule has 136 valence electrons. The number of rotatable bonds is 6. The van der Waals surface area contributed by atoms with Crippen molar-refractivity contribution < 1.29 is 14.2 Å². The molecule has 2 aromatic rings. The molecule has 2 fully saturated rings. The third kappa shape index (κ3) is 3.68. The number of aromatic nitrogens is 1. The average molecular weight is 344 g/mol. The second-order valence-corrected chi connectivity index (χ2v) is 7.08. The van der Waals surface area contributed by atoms with Gasteiger partial charge in [0.05, 0.1) is 24.8 Å². The predicted molar refractivity (Wildman–Crippen MR) is 98.4 cm³/mol. The maximum atomic E-state index is 6.39. The molecule has 25 heavy (non-hydrogen) atoms. The molecule has 0 N–H and O–H groups in total. The van der Waals surface area contributed by atoms with Crippen LogP contribution in [0.4, 0.5) is 0 Å². The first-order chi connectivity index (χ1) is 12.3. The van der Waals surface area contributed by atoms with E-state index >= 15 is 0 Å². The van der Waals surface area contributed by atoms with Gasteiger partial charge in [-0.3, -0.25) is 0 Å². The Morgan fingerprint density at radius 2 is 2.04 bits per heavy atom. The lowest BCUT2D eigenvalue weighted by Gasteiger charge is -2.32. The zero-order valence-corrected chi connectivity index (χ0v) is 15.0. The molecule has 0 spiro atoms. The molecule has 0 amide bonds. The molecule has 2 aliphatic rings. The van der Waals surface area contributed by atoms with Crippen molar-refractivity contribution >= 4 is 10.9 Å². The van der Waals surface area contributed by atoms with Gasteiger partial charge in [0.25, 0.3) is 0 Å². The van der Waals surface area contributed by atoms with E-state index in [2.05, 4.69) is 39.9 Å². The molecule has 5 nitrogen and oxygen atoms in total. The number of nitrogens with zero attached hydrogens (tertiary/aromatic N) is 2. The maximum absolute atomic E-state index is 6.39. The predicted octanol–water partition coefficient (Wildman–Crippen LogP) is 3.09. The normalized spacial score (nSPS) is 22.7. The lowest BCUT2D eigenvalue weighted by atomic mass is 10.1. The lowest BCUT2D eigenvalue weighted by molar-refractivity contribution is 0.0805. The maximum Gasteiger partial charge on any atom is 0.129 e. The van der Waals surface area contributed by atoms with Crippen molar-refractivity contribution in [2.24, 2.45) is 0 Å². The number of hydrogen-bond donors (Lipinski definition) is 0. The highest BCUT2D eigenvalue weighted by molar-refractivity contribution is 5.86. The Bertz CT molecular complexity index is 685. The van der Waals surface area contributed by atoms with Gasteiger partial charge < -0.3 is 23.7 Å². The van der Waals surface area contributed by atoms with E-state index in [1.165, 1.54) is 10.9 Å². The van der Waals surface area contributed by atoms with Crippen LogP contribution in [-0.4, -0.2) is 62.1 Å². The monoisotopic (exact) mass is 344 g/mol. The van der Waals surface area contributed by atoms with E-state index in [0.29, 0.717) is 12.1 Å². The van der Waals surface area contributed by atoms with Gasteiger partial charge in [-0.25, -0.2) is 0 Å². The first kappa shape index (κ1) is 16.9. The molecule has 1 atom stereocenters. The van der Waals surface area contributed by atoms with Gasteiger partial charge >= 0.3 is 0 Å². The minimum absolute atomic E-state index is 0.308. The fourth-order valence-corrected chi connectivity index (χ4v) is 3.97. The molecular formula is C20H28N2O3. The summed E-state index contributed by atoms with van der Waals surface area (Å²) in [4.78, 5) is 2.46. The number of ether oxygens (including phenoxy) is 3. The second-order valence-electron chi connectivity index (χ2n) is 7.08. The van der Waals surface area contributed by atoms with Crippen LogP contribution in [0.5, 0.6) is 5.75 Å². The van der Waals surface area contributed by atoms with Crippen LogP contribution in [0.3, 0.4) is 0 Å². The van der Waals surface area contributed by atoms with Crippen LogP contribution >= 0.6 is 0 Å². The van der Waals surface area contributed by atoms with Gasteiger partial charge in [0.1, 0.15) is 11.9 Å². The number of fused-ring (bicyclic) bond motifs is 1. The summed E-state index contributed by atoms with van der Waals surface area (Å²) in [7, 11) is 1.76. The van der Waals surface area contributed by atoms with Crippen LogP contribution in [0, 0.1) is 0 Å². The quantitative estimate of drug-likeness (QED) is 0.807. The lowest BCUT2D eigenvalue weighted by Crippen LogP contribution is -2.39. The van der Waals surface area contributed by atoms with Crippen molar-refractivity contribution in [1.82, 2.24) is 9.47 Å². The minimum Gasteiger partial charge on any atom is -0.490 e. The zero-order chi connectivity index (χ0) is 17.1. The smallest absolute Gasteiger partial charge is 0.129 e. The van der Waals surface area contributed by atoms with E-state index < -0.39 is 0 Å². The van der Waals surface area contributed by atoms with Gasteiger partial charge in [0, 0.05) is 44.9 Å². The van der Waals surface area contributed by atoms with Gasteiger partial charge in [0.15, 0.2) is 0 Å². The van der Waals surface area contributed by atoms with Crippen molar-refractivity contribution in [3.05, 3.63) is 30.5 Å². The van der Waals surface area contributed by atoms with Crippen LogP contribution in [-0.2, 0) is 9.47 Å². The summed E-state index contributed by atoms with van der Waals surface area (Å²) in [5.74, 6) is 1.02. The minimum atomic E-state index is 0.308. The van der Waals surface area contributed by atoms with Crippen molar-refractivity contribution in [2.75, 3.05) is 46.6 Å². The summed E-state index contributed by atoms with van der Waals surface area (Å²) in [6.45, 7) is 5.68. The van der Waals surface area contributed by atoms with Gasteiger partial charge in [0.2, 0.25) is 0 Å². The first-order valence-electron chi connectivity index (χ1n) is 9.40. The SMILES string of the molecule is COCCN1CCC(Oc2cccc3c2ccn3C2CCOC2)CC1. The van der Waals surface area contributed by atoms with Crippen LogP contribution in [0.1, 0.15) is 25.3 Å². The number of methoxy groups -OCH3 is 1. The number of benzene rings is 1. The van der Waals surface area contributed by atoms with E-state index in [0.717, 1.165) is 64.5 Å². The van der Waals surface area contributed by atoms with Crippen LogP contribution in [0.2, 0.25) is 0 Å². The van der Waals surface area contributed by atoms with Gasteiger partial charge in [-0.1, -0.05) is 6.07 Å². The summed E-state index contributed by atoms with van der Waals surface area (Å²) in [5, 5.41) is 1.22. The highest BCUT2D eigenvalue weighted by Crippen LogP contribution is 2.32. The standard InChI is InChI=1S/C20H28N2O3/c1-23-14-12-21-9-5-17(6-10-21)25-20-4-2-3-19-18(20)7-11-22(19)16-8-13-24-15-16/h2-4,7,11,16-17H,5-6,8-10,12-15H2,1H3. The van der Waals surface area contributed by atoms with Crippen LogP contribution < -0.4 is 4.74 Å². The Balaban J connectivity index is 1.44. The van der Waals surface area contributed by atoms with E-state index in [4.69, 9.17) is 14.2 Å². The molecule has 2 aliphatic heterocycles. The fraction of sp³-hybridized carbons (Fsp3) is 0.600. The molecule has 0 radical (unpaired) electrons. The summed E-state index contributed by atoms with van der Waals surface area (Å²) >= 11 is 0. The van der Waals surface area contributed by atoms with Crippen LogP contribution in [0.15, 0.2) is 30.5 Å². The molecule has 1 aromatic heterocycles. The summed E-state index contributed by atoms with van der Waals surface area (Å²) in [6.07, 6.45) is 5.75. The average Bonchev–Trinajstić information content (AvgIpc) is 3.31. The molecule has 1 unspecified atom stereocenters. The third-order valence-corrected chi connectivity index (χ3v) is 5.46. The molecular weight excluding hydrogens is 316 g/mol. The third-order valence-electron chi connectivity index (χ3n) is 5.46. The highest BCUT2D eigenvalue weighted by Gasteiger charge is 2.22. The first-order valence-corrected chi connectivity index (χ1v) is 9.40. The van der Waals surface area contributed by atoms with E-state index in [1.54, 1.807) is 7.11 Å². The molecule has 2 saturated heterocycles. The Labute approximate surface area is 149 Å². The Morgan fingerprint density at radius 3 is 2.80 bits per heavy atom. The van der Waals surface area contributed by atoms with Crippen molar-refractivity contribution in [2.45, 2.75) is 31.4 Å². The van der Waals surface area contributed by atoms with Gasteiger partial charge in [-0.05, 0) is 37.5 Å². The van der Waals surface area contributed by atoms with Crippen LogP contribution in [0.25, 0.3) is 10.9 Å². The number of hydrogen-bond acceptors (Lipinski definition) is 4. The van der Waals surface area contributed by atoms with Crippen molar-refractivity contribution in [1.29, 1.82) is 0 Å². The Hall–Kier alpha value is -1.56. The Kier molecular flexibility index (Phi) is 5.25. The highest BCUT2D eigenvalue weighted by atomic mass is 16.5. The number of piperidine rings is 1. The van der Waals surface area contributed by atoms with Gasteiger partial charge in [-0.2, -0.15) is 0 Å². The molecule has 0 bridgehead atoms. The van der Waals surface area contributed by atoms with Crippen molar-refractivity contribution in [3.8, 4) is 5.75 Å². The molecule has 1 aromatic carbocycles. The van der Waals surface area contributed by atoms with E-state index in [1.807, 2.05) is 0 Å². The summed E-state index contributed by atoms with van der Waals surface area (Å²) in [6, 6.07) is 9.05. The van der Waals surface area contributed by atoms with E-state index in [-0.39, 0.29) is 0 Å². The summed E-state index contributed by atoms with van der Waals surface area (Å²) in [5.41, 5.74) is 1.26. The zero-order valence-electron chi connectivity index (χ0n) is 15.0. The molecule has 0 saturated carbocycles. The second kappa shape index (κ2) is 7.77. The number of likely N-dealkylation sites (tertiary alicyclic amines) is 1. The molecule has 0 aliphatic carbocycles. The molecule has 5 heteroatoms. The summed E-state index contributed by atoms with van der Waals surface area (Å²) < 4.78 is 19.5. The topological polar surface area (TPSA) is 35.9 Å². The fourth-order valence-electron chi connectivity index (χ4n) is 3.97. The molecule has 3 heterocycles. The van der Waals surface area contributed by atoms with Crippen molar-refractivity contribution in [3.63, 3.8) is 0 Å².